The molecule has 0 bridgehead atoms. The van der Waals surface area contributed by atoms with Gasteiger partial charge in [0.1, 0.15) is 12.1 Å². The van der Waals surface area contributed by atoms with Crippen LogP contribution in [-0.2, 0) is 14.3 Å². The minimum atomic E-state index is -0.500. The summed E-state index contributed by atoms with van der Waals surface area (Å²) in [4.78, 5) is 16.5. The number of carbonyl (C=O) groups is 1. The number of ether oxygens (including phenoxy) is 2. The molecule has 2 aliphatic rings. The van der Waals surface area contributed by atoms with Gasteiger partial charge in [0.15, 0.2) is 0 Å². The van der Waals surface area contributed by atoms with Crippen LogP contribution in [0.1, 0.15) is 18.9 Å². The number of hydrogen-bond acceptors (Lipinski definition) is 4. The Kier molecular flexibility index (Phi) is 3.73. The fourth-order valence-electron chi connectivity index (χ4n) is 2.81. The van der Waals surface area contributed by atoms with Crippen LogP contribution in [0.5, 0.6) is 0 Å². The Labute approximate surface area is 122 Å². The van der Waals surface area contributed by atoms with E-state index in [2.05, 4.69) is 4.99 Å². The number of aliphatic imine (C=N–C) groups is 1. The first-order chi connectivity index (χ1) is 10.2. The monoisotopic (exact) mass is 289 g/mol. The Morgan fingerprint density at radius 1 is 1.48 bits per heavy atom. The smallest absolute Gasteiger partial charge is 0.311 e. The van der Waals surface area contributed by atoms with Crippen molar-refractivity contribution in [1.82, 2.24) is 0 Å². The van der Waals surface area contributed by atoms with Crippen LogP contribution < -0.4 is 0 Å². The molecule has 21 heavy (non-hydrogen) atoms. The minimum absolute atomic E-state index is 0.302. The lowest BCUT2D eigenvalue weighted by molar-refractivity contribution is -0.148. The Bertz CT molecular complexity index is 597. The van der Waals surface area contributed by atoms with Crippen LogP contribution >= 0.6 is 0 Å². The molecular weight excluding hydrogens is 273 g/mol. The average Bonchev–Trinajstić information content (AvgIpc) is 3.07. The summed E-state index contributed by atoms with van der Waals surface area (Å²) in [6.07, 6.45) is 0.330. The maximum Gasteiger partial charge on any atom is 0.311 e. The summed E-state index contributed by atoms with van der Waals surface area (Å²) >= 11 is 0. The summed E-state index contributed by atoms with van der Waals surface area (Å²) < 4.78 is 23.9. The zero-order chi connectivity index (χ0) is 14.8. The second kappa shape index (κ2) is 5.68. The SMILES string of the molecule is CCOC(=O)[C@@H]1C/C(=C/F)[C@@H]2OC(c3ccccc3)=N[C@H]12. The highest BCUT2D eigenvalue weighted by Crippen LogP contribution is 2.40. The van der Waals surface area contributed by atoms with Gasteiger partial charge in [-0.2, -0.15) is 0 Å². The molecule has 3 rings (SSSR count). The molecule has 1 aliphatic carbocycles. The number of esters is 1. The number of halogens is 1. The standard InChI is InChI=1S/C16H16FNO3/c1-2-20-16(19)12-8-11(9-17)14-13(12)18-15(21-14)10-6-4-3-5-7-10/h3-7,9,12-14H,2,8H2,1H3/b11-9-/t12-,13-,14+/m1/s1. The number of benzene rings is 1. The molecule has 3 atom stereocenters. The second-order valence-corrected chi connectivity index (χ2v) is 5.08. The summed E-state index contributed by atoms with van der Waals surface area (Å²) in [6.45, 7) is 2.05. The van der Waals surface area contributed by atoms with Gasteiger partial charge in [0, 0.05) is 11.1 Å². The molecule has 0 saturated heterocycles. The van der Waals surface area contributed by atoms with Crippen LogP contribution in [0.3, 0.4) is 0 Å². The van der Waals surface area contributed by atoms with Gasteiger partial charge in [0.25, 0.3) is 0 Å². The quantitative estimate of drug-likeness (QED) is 0.804. The first-order valence-electron chi connectivity index (χ1n) is 7.00. The van der Waals surface area contributed by atoms with Gasteiger partial charge < -0.3 is 9.47 Å². The summed E-state index contributed by atoms with van der Waals surface area (Å²) in [6, 6.07) is 9.00. The van der Waals surface area contributed by atoms with Gasteiger partial charge in [0.05, 0.1) is 18.9 Å². The van der Waals surface area contributed by atoms with Crippen molar-refractivity contribution in [2.45, 2.75) is 25.5 Å². The summed E-state index contributed by atoms with van der Waals surface area (Å²) in [5.74, 6) is -0.358. The van der Waals surface area contributed by atoms with E-state index in [4.69, 9.17) is 9.47 Å². The van der Waals surface area contributed by atoms with Crippen molar-refractivity contribution < 1.29 is 18.7 Å². The van der Waals surface area contributed by atoms with E-state index in [-0.39, 0.29) is 5.97 Å². The van der Waals surface area contributed by atoms with Crippen LogP contribution in [0, 0.1) is 5.92 Å². The van der Waals surface area contributed by atoms with Crippen molar-refractivity contribution in [3.8, 4) is 0 Å². The van der Waals surface area contributed by atoms with Gasteiger partial charge in [-0.05, 0) is 25.5 Å². The first-order valence-corrected chi connectivity index (χ1v) is 7.00. The molecule has 1 aromatic carbocycles. The van der Waals surface area contributed by atoms with Crippen molar-refractivity contribution in [3.05, 3.63) is 47.8 Å². The summed E-state index contributed by atoms with van der Waals surface area (Å²) in [5.41, 5.74) is 1.29. The third kappa shape index (κ3) is 2.44. The molecule has 1 aliphatic heterocycles. The zero-order valence-corrected chi connectivity index (χ0v) is 11.7. The van der Waals surface area contributed by atoms with E-state index in [9.17, 15) is 9.18 Å². The molecule has 1 fully saturated rings. The Balaban J connectivity index is 1.88. The van der Waals surface area contributed by atoms with Crippen LogP contribution in [0.25, 0.3) is 0 Å². The van der Waals surface area contributed by atoms with Crippen molar-refractivity contribution in [3.63, 3.8) is 0 Å². The van der Waals surface area contributed by atoms with Crippen LogP contribution in [0.4, 0.5) is 4.39 Å². The lowest BCUT2D eigenvalue weighted by Gasteiger charge is -2.12. The maximum absolute atomic E-state index is 13.0. The highest BCUT2D eigenvalue weighted by atomic mass is 19.1. The average molecular weight is 289 g/mol. The second-order valence-electron chi connectivity index (χ2n) is 5.08. The molecule has 0 aromatic heterocycles. The number of hydrogen-bond donors (Lipinski definition) is 0. The molecule has 1 heterocycles. The molecule has 0 spiro atoms. The molecule has 0 amide bonds. The molecule has 0 radical (unpaired) electrons. The minimum Gasteiger partial charge on any atom is -0.467 e. The van der Waals surface area contributed by atoms with E-state index < -0.39 is 18.1 Å². The predicted octanol–water partition coefficient (Wildman–Crippen LogP) is 2.64. The van der Waals surface area contributed by atoms with E-state index in [0.29, 0.717) is 30.8 Å². The van der Waals surface area contributed by atoms with Gasteiger partial charge in [-0.25, -0.2) is 9.38 Å². The zero-order valence-electron chi connectivity index (χ0n) is 11.7. The van der Waals surface area contributed by atoms with Crippen molar-refractivity contribution in [1.29, 1.82) is 0 Å². The largest absolute Gasteiger partial charge is 0.467 e. The summed E-state index contributed by atoms with van der Waals surface area (Å²) in [5, 5.41) is 0. The molecule has 110 valence electrons. The molecular formula is C16H16FNO3. The fraction of sp³-hybridized carbons (Fsp3) is 0.375. The predicted molar refractivity (Wildman–Crippen MR) is 75.6 cm³/mol. The van der Waals surface area contributed by atoms with E-state index in [1.165, 1.54) is 0 Å². The maximum atomic E-state index is 13.0. The number of rotatable bonds is 3. The number of nitrogens with zero attached hydrogens (tertiary/aromatic N) is 1. The fourth-order valence-corrected chi connectivity index (χ4v) is 2.81. The van der Waals surface area contributed by atoms with Crippen molar-refractivity contribution >= 4 is 11.9 Å². The third-order valence-electron chi connectivity index (χ3n) is 3.80. The van der Waals surface area contributed by atoms with Crippen molar-refractivity contribution in [2.24, 2.45) is 10.9 Å². The topological polar surface area (TPSA) is 47.9 Å². The molecule has 0 N–H and O–H groups in total. The molecule has 0 unspecified atom stereocenters. The molecule has 1 saturated carbocycles. The highest BCUT2D eigenvalue weighted by Gasteiger charge is 2.49. The van der Waals surface area contributed by atoms with Crippen molar-refractivity contribution in [2.75, 3.05) is 6.61 Å². The molecule has 1 aromatic rings. The van der Waals surface area contributed by atoms with Gasteiger partial charge in [-0.15, -0.1) is 0 Å². The Morgan fingerprint density at radius 3 is 2.90 bits per heavy atom. The van der Waals surface area contributed by atoms with E-state index in [1.807, 2.05) is 30.3 Å². The third-order valence-corrected chi connectivity index (χ3v) is 3.80. The molecule has 4 nitrogen and oxygen atoms in total. The van der Waals surface area contributed by atoms with Crippen LogP contribution in [-0.4, -0.2) is 30.6 Å². The van der Waals surface area contributed by atoms with Crippen LogP contribution in [0.15, 0.2) is 47.2 Å². The van der Waals surface area contributed by atoms with E-state index in [1.54, 1.807) is 6.92 Å². The highest BCUT2D eigenvalue weighted by molar-refractivity contribution is 5.96. The number of fused-ring (bicyclic) bond motifs is 1. The normalized spacial score (nSPS) is 29.0. The molecule has 5 heteroatoms. The Hall–Kier alpha value is -2.17. The van der Waals surface area contributed by atoms with E-state index >= 15 is 0 Å². The van der Waals surface area contributed by atoms with Gasteiger partial charge >= 0.3 is 5.97 Å². The van der Waals surface area contributed by atoms with Gasteiger partial charge in [-0.1, -0.05) is 18.2 Å². The van der Waals surface area contributed by atoms with E-state index in [0.717, 1.165) is 5.56 Å². The summed E-state index contributed by atoms with van der Waals surface area (Å²) in [7, 11) is 0. The van der Waals surface area contributed by atoms with Crippen LogP contribution in [0.2, 0.25) is 0 Å². The number of carbonyl (C=O) groups excluding carboxylic acids is 1. The lowest BCUT2D eigenvalue weighted by atomic mass is 10.0. The lowest BCUT2D eigenvalue weighted by Crippen LogP contribution is -2.28. The Morgan fingerprint density at radius 2 is 2.24 bits per heavy atom. The van der Waals surface area contributed by atoms with Gasteiger partial charge in [-0.3, -0.25) is 4.79 Å². The van der Waals surface area contributed by atoms with Gasteiger partial charge in [0.2, 0.25) is 5.90 Å². The first kappa shape index (κ1) is 13.8.